The molecule has 4 aromatic rings. The van der Waals surface area contributed by atoms with Crippen LogP contribution in [0, 0.1) is 17.3 Å². The minimum atomic E-state index is -2.02. The number of nitrogens with zero attached hydrogens (tertiary/aromatic N) is 5. The summed E-state index contributed by atoms with van der Waals surface area (Å²) < 4.78 is 38.2. The first-order valence-corrected chi connectivity index (χ1v) is 21.4. The third-order valence-electron chi connectivity index (χ3n) is 12.4. The zero-order valence-electron chi connectivity index (χ0n) is 31.4. The quantitative estimate of drug-likeness (QED) is 0.134. The van der Waals surface area contributed by atoms with Gasteiger partial charge in [0.2, 0.25) is 0 Å². The number of hydrogen-bond acceptors (Lipinski definition) is 6. The summed E-state index contributed by atoms with van der Waals surface area (Å²) in [4.78, 5) is 19.0. The van der Waals surface area contributed by atoms with Gasteiger partial charge in [-0.05, 0) is 73.6 Å². The number of benzene rings is 2. The van der Waals surface area contributed by atoms with Gasteiger partial charge >= 0.3 is 6.01 Å². The first-order valence-electron chi connectivity index (χ1n) is 19.1. The number of pyridine rings is 1. The first kappa shape index (κ1) is 35.8. The van der Waals surface area contributed by atoms with Crippen LogP contribution in [0.4, 0.5) is 14.6 Å². The Morgan fingerprint density at radius 1 is 0.980 bits per heavy atom. The number of anilines is 1. The maximum atomic E-state index is 17.2. The number of fused-ring (bicyclic) bond motifs is 3. The Bertz CT molecular complexity index is 1960. The van der Waals surface area contributed by atoms with Crippen molar-refractivity contribution in [2.45, 2.75) is 121 Å². The molecule has 0 bridgehead atoms. The van der Waals surface area contributed by atoms with Crippen LogP contribution in [0.2, 0.25) is 16.6 Å². The number of alkyl halides is 1. The molecule has 0 saturated carbocycles. The van der Waals surface area contributed by atoms with Crippen molar-refractivity contribution < 1.29 is 13.5 Å². The summed E-state index contributed by atoms with van der Waals surface area (Å²) in [6.45, 7) is 18.5. The smallest absolute Gasteiger partial charge is 0.319 e. The summed E-state index contributed by atoms with van der Waals surface area (Å²) in [6, 6.07) is 12.5. The average Bonchev–Trinajstić information content (AvgIpc) is 3.63. The van der Waals surface area contributed by atoms with E-state index in [-0.39, 0.29) is 35.4 Å². The van der Waals surface area contributed by atoms with E-state index in [4.69, 9.17) is 19.7 Å². The van der Waals surface area contributed by atoms with Crippen LogP contribution in [0.15, 0.2) is 42.6 Å². The molecule has 3 fully saturated rings. The molecule has 3 aliphatic heterocycles. The molecule has 2 aromatic carbocycles. The molecule has 2 aromatic heterocycles. The highest BCUT2D eigenvalue weighted by molar-refractivity contribution is 6.90. The van der Waals surface area contributed by atoms with Crippen molar-refractivity contribution in [1.82, 2.24) is 19.9 Å². The molecule has 3 aliphatic rings. The largest absolute Gasteiger partial charge is 0.461 e. The zero-order valence-corrected chi connectivity index (χ0v) is 32.4. The summed E-state index contributed by atoms with van der Waals surface area (Å²) >= 11 is 0. The lowest BCUT2D eigenvalue weighted by atomic mass is 9.95. The van der Waals surface area contributed by atoms with E-state index in [1.54, 1.807) is 6.20 Å². The maximum Gasteiger partial charge on any atom is 0.319 e. The molecule has 3 atom stereocenters. The SMILES string of the molecule is CC(C)[Si](C#Cc1cccc2cccc(-c3ncc4c(N5CCCC[C@@H]5C)nc(OC[C@@]56CCCN5C[C@H](F)C6)nc4c3F)c12)(C(C)C)C(C)C. The van der Waals surface area contributed by atoms with Gasteiger partial charge in [0.1, 0.15) is 37.9 Å². The van der Waals surface area contributed by atoms with Crippen LogP contribution in [0.1, 0.15) is 92.6 Å². The predicted octanol–water partition coefficient (Wildman–Crippen LogP) is 9.89. The second-order valence-electron chi connectivity index (χ2n) is 16.3. The van der Waals surface area contributed by atoms with E-state index in [1.807, 2.05) is 18.2 Å². The molecule has 7 rings (SSSR count). The standard InChI is InChI=1S/C42H53F2N5OSi/c1-27(2)51(28(3)4,29(5)6)22-18-32-15-10-14-31-16-11-17-34(36(31)32)38-37(44)39-35(24-45-38)40(49-21-9-8-13-30(49)7)47-41(46-39)50-26-42-19-12-20-48(42)25-33(43)23-42/h10-11,14-17,24,27-30,33H,8-9,12-13,19-21,23,25-26H2,1-7H3/t30-,33+,42-/m0/s1. The molecule has 6 nitrogen and oxygen atoms in total. The number of hydrogen-bond donors (Lipinski definition) is 0. The Labute approximate surface area is 303 Å². The zero-order chi connectivity index (χ0) is 36.1. The minimum absolute atomic E-state index is 0.136. The van der Waals surface area contributed by atoms with Gasteiger partial charge in [-0.25, -0.2) is 8.78 Å². The van der Waals surface area contributed by atoms with E-state index >= 15 is 4.39 Å². The number of aromatic nitrogens is 3. The van der Waals surface area contributed by atoms with Gasteiger partial charge in [0.05, 0.1) is 10.9 Å². The number of rotatable bonds is 8. The van der Waals surface area contributed by atoms with Gasteiger partial charge in [0.25, 0.3) is 0 Å². The highest BCUT2D eigenvalue weighted by atomic mass is 28.3. The molecular weight excluding hydrogens is 657 g/mol. The Morgan fingerprint density at radius 2 is 1.73 bits per heavy atom. The predicted molar refractivity (Wildman–Crippen MR) is 207 cm³/mol. The second-order valence-corrected chi connectivity index (χ2v) is 21.9. The average molecular weight is 710 g/mol. The Morgan fingerprint density at radius 3 is 2.45 bits per heavy atom. The maximum absolute atomic E-state index is 17.2. The number of piperidine rings is 1. The molecular formula is C42H53F2N5OSi. The van der Waals surface area contributed by atoms with Crippen molar-refractivity contribution in [2.24, 2.45) is 0 Å². The normalized spacial score (nSPS) is 22.7. The summed E-state index contributed by atoms with van der Waals surface area (Å²) in [5.41, 5.74) is 7.02. The van der Waals surface area contributed by atoms with Gasteiger partial charge in [-0.15, -0.1) is 5.54 Å². The summed E-state index contributed by atoms with van der Waals surface area (Å²) in [5, 5.41) is 2.46. The molecule has 9 heteroatoms. The summed E-state index contributed by atoms with van der Waals surface area (Å²) in [6.07, 6.45) is 6.41. The van der Waals surface area contributed by atoms with Crippen molar-refractivity contribution >= 4 is 35.6 Å². The lowest BCUT2D eigenvalue weighted by Gasteiger charge is -2.38. The number of ether oxygens (including phenoxy) is 1. The van der Waals surface area contributed by atoms with Crippen LogP contribution in [0.3, 0.4) is 0 Å². The Kier molecular flexibility index (Phi) is 9.88. The van der Waals surface area contributed by atoms with E-state index in [0.717, 1.165) is 61.5 Å². The molecule has 0 radical (unpaired) electrons. The van der Waals surface area contributed by atoms with Crippen LogP contribution in [-0.2, 0) is 0 Å². The highest BCUT2D eigenvalue weighted by Crippen LogP contribution is 2.43. The minimum Gasteiger partial charge on any atom is -0.461 e. The summed E-state index contributed by atoms with van der Waals surface area (Å²) in [5.74, 6) is 3.80. The van der Waals surface area contributed by atoms with Gasteiger partial charge in [0.15, 0.2) is 5.82 Å². The molecule has 5 heterocycles. The van der Waals surface area contributed by atoms with Crippen molar-refractivity contribution in [3.8, 4) is 28.7 Å². The molecule has 0 N–H and O–H groups in total. The number of halogens is 2. The lowest BCUT2D eigenvalue weighted by molar-refractivity contribution is 0.107. The fourth-order valence-corrected chi connectivity index (χ4v) is 15.0. The topological polar surface area (TPSA) is 54.4 Å². The van der Waals surface area contributed by atoms with Gasteiger partial charge in [-0.1, -0.05) is 77.8 Å². The van der Waals surface area contributed by atoms with E-state index in [9.17, 15) is 4.39 Å². The van der Waals surface area contributed by atoms with Crippen LogP contribution in [-0.4, -0.2) is 71.9 Å². The lowest BCUT2D eigenvalue weighted by Crippen LogP contribution is -2.43. The van der Waals surface area contributed by atoms with E-state index in [0.29, 0.717) is 46.4 Å². The molecule has 0 spiro atoms. The van der Waals surface area contributed by atoms with Gasteiger partial charge in [0, 0.05) is 48.3 Å². The van der Waals surface area contributed by atoms with E-state index in [1.165, 1.54) is 0 Å². The van der Waals surface area contributed by atoms with Crippen LogP contribution < -0.4 is 9.64 Å². The molecule has 0 amide bonds. The van der Waals surface area contributed by atoms with Gasteiger partial charge in [-0.2, -0.15) is 9.97 Å². The van der Waals surface area contributed by atoms with Crippen LogP contribution in [0.25, 0.3) is 32.9 Å². The monoisotopic (exact) mass is 709 g/mol. The van der Waals surface area contributed by atoms with Gasteiger partial charge < -0.3 is 9.64 Å². The van der Waals surface area contributed by atoms with Crippen molar-refractivity contribution in [3.63, 3.8) is 0 Å². The van der Waals surface area contributed by atoms with Crippen LogP contribution >= 0.6 is 0 Å². The fourth-order valence-electron chi connectivity index (χ4n) is 9.80. The van der Waals surface area contributed by atoms with Crippen molar-refractivity contribution in [1.29, 1.82) is 0 Å². The van der Waals surface area contributed by atoms with E-state index < -0.39 is 20.1 Å². The van der Waals surface area contributed by atoms with E-state index in [2.05, 4.69) is 87.9 Å². The molecule has 3 saturated heterocycles. The first-order chi connectivity index (χ1) is 24.4. The molecule has 270 valence electrons. The molecule has 51 heavy (non-hydrogen) atoms. The highest BCUT2D eigenvalue weighted by Gasteiger charge is 2.49. The van der Waals surface area contributed by atoms with Crippen LogP contribution in [0.5, 0.6) is 6.01 Å². The third kappa shape index (κ3) is 6.31. The molecule has 0 aliphatic carbocycles. The Balaban J connectivity index is 1.37. The third-order valence-corrected chi connectivity index (χ3v) is 18.7. The fraction of sp³-hybridized carbons (Fsp3) is 0.548. The summed E-state index contributed by atoms with van der Waals surface area (Å²) in [7, 11) is -2.02. The second kappa shape index (κ2) is 14.1. The Hall–Kier alpha value is -3.61. The van der Waals surface area contributed by atoms with Gasteiger partial charge in [-0.3, -0.25) is 9.88 Å². The van der Waals surface area contributed by atoms with Crippen molar-refractivity contribution in [3.05, 3.63) is 54.0 Å². The molecule has 0 unspecified atom stereocenters. The van der Waals surface area contributed by atoms with Crippen molar-refractivity contribution in [2.75, 3.05) is 31.1 Å².